The van der Waals surface area contributed by atoms with Crippen LogP contribution in [0.1, 0.15) is 5.56 Å². The minimum absolute atomic E-state index is 0.278. The summed E-state index contributed by atoms with van der Waals surface area (Å²) in [4.78, 5) is 23.8. The first-order valence-electron chi connectivity index (χ1n) is 9.48. The van der Waals surface area contributed by atoms with Crippen molar-refractivity contribution in [2.45, 2.75) is 13.1 Å². The first kappa shape index (κ1) is 19.5. The van der Waals surface area contributed by atoms with Gasteiger partial charge in [-0.25, -0.2) is 14.6 Å². The SMILES string of the molecule is C=CCn1nc(-c2ccco2)c2nc(Nc3ccc(CN(C)C)cc3)ncc2c1=O. The van der Waals surface area contributed by atoms with Gasteiger partial charge >= 0.3 is 0 Å². The second kappa shape index (κ2) is 8.30. The fraction of sp³-hybridized carbons (Fsp3) is 0.182. The van der Waals surface area contributed by atoms with Crippen LogP contribution in [0, 0.1) is 0 Å². The Morgan fingerprint density at radius 2 is 2.03 bits per heavy atom. The monoisotopic (exact) mass is 402 g/mol. The molecule has 0 bridgehead atoms. The Morgan fingerprint density at radius 1 is 1.23 bits per heavy atom. The van der Waals surface area contributed by atoms with E-state index in [1.807, 2.05) is 38.4 Å². The van der Waals surface area contributed by atoms with Crippen molar-refractivity contribution in [3.05, 3.63) is 77.4 Å². The third kappa shape index (κ3) is 3.99. The third-order valence-electron chi connectivity index (χ3n) is 4.46. The second-order valence-electron chi connectivity index (χ2n) is 7.12. The van der Waals surface area contributed by atoms with E-state index in [4.69, 9.17) is 4.42 Å². The number of allylic oxidation sites excluding steroid dienone is 1. The highest BCUT2D eigenvalue weighted by Gasteiger charge is 2.16. The van der Waals surface area contributed by atoms with Gasteiger partial charge in [0.05, 0.1) is 18.2 Å². The van der Waals surface area contributed by atoms with Crippen molar-refractivity contribution in [2.24, 2.45) is 0 Å². The Labute approximate surface area is 173 Å². The molecule has 0 aliphatic heterocycles. The lowest BCUT2D eigenvalue weighted by Crippen LogP contribution is -2.24. The summed E-state index contributed by atoms with van der Waals surface area (Å²) >= 11 is 0. The number of rotatable bonds is 7. The molecule has 0 amide bonds. The van der Waals surface area contributed by atoms with Crippen LogP contribution >= 0.6 is 0 Å². The normalized spacial score (nSPS) is 11.2. The molecule has 0 aliphatic rings. The van der Waals surface area contributed by atoms with Gasteiger partial charge in [-0.2, -0.15) is 5.10 Å². The van der Waals surface area contributed by atoms with Crippen molar-refractivity contribution in [1.29, 1.82) is 0 Å². The number of anilines is 2. The Hall–Kier alpha value is -3.78. The summed E-state index contributed by atoms with van der Waals surface area (Å²) in [7, 11) is 4.06. The van der Waals surface area contributed by atoms with E-state index < -0.39 is 0 Å². The summed E-state index contributed by atoms with van der Waals surface area (Å²) in [6.45, 7) is 4.83. The molecule has 8 nitrogen and oxygen atoms in total. The smallest absolute Gasteiger partial charge is 0.278 e. The highest BCUT2D eigenvalue weighted by molar-refractivity contribution is 5.89. The molecule has 4 aromatic rings. The van der Waals surface area contributed by atoms with Gasteiger partial charge < -0.3 is 14.6 Å². The van der Waals surface area contributed by atoms with Gasteiger partial charge in [-0.1, -0.05) is 18.2 Å². The Kier molecular flexibility index (Phi) is 5.40. The maximum atomic E-state index is 12.8. The number of nitrogens with zero attached hydrogens (tertiary/aromatic N) is 5. The van der Waals surface area contributed by atoms with E-state index in [1.165, 1.54) is 16.4 Å². The zero-order chi connectivity index (χ0) is 21.1. The van der Waals surface area contributed by atoms with E-state index >= 15 is 0 Å². The highest BCUT2D eigenvalue weighted by Crippen LogP contribution is 2.25. The quantitative estimate of drug-likeness (QED) is 0.474. The van der Waals surface area contributed by atoms with Crippen LogP contribution in [0.25, 0.3) is 22.4 Å². The molecule has 8 heteroatoms. The average Bonchev–Trinajstić information content (AvgIpc) is 3.26. The van der Waals surface area contributed by atoms with E-state index in [1.54, 1.807) is 24.5 Å². The molecule has 0 aliphatic carbocycles. The number of aromatic nitrogens is 4. The molecule has 0 saturated carbocycles. The number of hydrogen-bond donors (Lipinski definition) is 1. The fourth-order valence-corrected chi connectivity index (χ4v) is 3.14. The Morgan fingerprint density at radius 3 is 2.70 bits per heavy atom. The van der Waals surface area contributed by atoms with E-state index in [0.29, 0.717) is 28.3 Å². The van der Waals surface area contributed by atoms with Gasteiger partial charge in [0.15, 0.2) is 11.5 Å². The topological polar surface area (TPSA) is 89.1 Å². The first-order valence-corrected chi connectivity index (χ1v) is 9.48. The maximum absolute atomic E-state index is 12.8. The minimum atomic E-state index is -0.278. The average molecular weight is 402 g/mol. The molecule has 0 saturated heterocycles. The van der Waals surface area contributed by atoms with Gasteiger partial charge in [-0.15, -0.1) is 6.58 Å². The summed E-state index contributed by atoms with van der Waals surface area (Å²) in [6.07, 6.45) is 4.69. The van der Waals surface area contributed by atoms with Crippen molar-refractivity contribution < 1.29 is 4.42 Å². The molecular weight excluding hydrogens is 380 g/mol. The number of benzene rings is 1. The van der Waals surface area contributed by atoms with Crippen LogP contribution in [0.2, 0.25) is 0 Å². The Bertz CT molecular complexity index is 1230. The maximum Gasteiger partial charge on any atom is 0.278 e. The summed E-state index contributed by atoms with van der Waals surface area (Å²) in [5.41, 5.74) is 2.68. The van der Waals surface area contributed by atoms with E-state index in [0.717, 1.165) is 12.2 Å². The third-order valence-corrected chi connectivity index (χ3v) is 4.46. The van der Waals surface area contributed by atoms with Gasteiger partial charge in [-0.3, -0.25) is 4.79 Å². The summed E-state index contributed by atoms with van der Waals surface area (Å²) < 4.78 is 6.84. The molecule has 1 aromatic carbocycles. The minimum Gasteiger partial charge on any atom is -0.463 e. The van der Waals surface area contributed by atoms with E-state index in [2.05, 4.69) is 31.9 Å². The molecule has 0 fully saturated rings. The number of fused-ring (bicyclic) bond motifs is 1. The zero-order valence-electron chi connectivity index (χ0n) is 16.9. The van der Waals surface area contributed by atoms with Crippen molar-refractivity contribution in [3.8, 4) is 11.5 Å². The largest absolute Gasteiger partial charge is 0.463 e. The van der Waals surface area contributed by atoms with E-state index in [-0.39, 0.29) is 12.1 Å². The van der Waals surface area contributed by atoms with Crippen molar-refractivity contribution >= 4 is 22.5 Å². The van der Waals surface area contributed by atoms with Crippen LogP contribution in [-0.4, -0.2) is 38.7 Å². The fourth-order valence-electron chi connectivity index (χ4n) is 3.14. The Balaban J connectivity index is 1.74. The van der Waals surface area contributed by atoms with Gasteiger partial charge in [-0.05, 0) is 43.9 Å². The molecule has 0 radical (unpaired) electrons. The number of hydrogen-bond acceptors (Lipinski definition) is 7. The molecular formula is C22H22N6O2. The standard InChI is InChI=1S/C22H22N6O2/c1-4-11-28-21(29)17-13-23-22(24-16-9-7-15(8-10-16)14-27(2)3)25-19(17)20(26-28)18-6-5-12-30-18/h4-10,12-13H,1,11,14H2,2-3H3,(H,23,24,25). The molecule has 0 spiro atoms. The van der Waals surface area contributed by atoms with Gasteiger partial charge in [0, 0.05) is 18.4 Å². The number of nitrogens with one attached hydrogen (secondary N) is 1. The zero-order valence-corrected chi connectivity index (χ0v) is 16.9. The van der Waals surface area contributed by atoms with Crippen LogP contribution in [-0.2, 0) is 13.1 Å². The highest BCUT2D eigenvalue weighted by atomic mass is 16.3. The van der Waals surface area contributed by atoms with Crippen molar-refractivity contribution in [3.63, 3.8) is 0 Å². The summed E-state index contributed by atoms with van der Waals surface area (Å²) in [5, 5.41) is 7.99. The first-order chi connectivity index (χ1) is 14.5. The predicted octanol–water partition coefficient (Wildman–Crippen LogP) is 3.44. The van der Waals surface area contributed by atoms with Crippen molar-refractivity contribution in [1.82, 2.24) is 24.6 Å². The molecule has 3 heterocycles. The molecule has 3 aromatic heterocycles. The van der Waals surface area contributed by atoms with Crippen LogP contribution in [0.15, 0.2) is 70.7 Å². The molecule has 4 rings (SSSR count). The predicted molar refractivity (Wildman–Crippen MR) is 117 cm³/mol. The van der Waals surface area contributed by atoms with Crippen LogP contribution < -0.4 is 10.9 Å². The molecule has 30 heavy (non-hydrogen) atoms. The summed E-state index contributed by atoms with van der Waals surface area (Å²) in [5.74, 6) is 0.897. The molecule has 1 N–H and O–H groups in total. The van der Waals surface area contributed by atoms with Crippen LogP contribution in [0.5, 0.6) is 0 Å². The van der Waals surface area contributed by atoms with Gasteiger partial charge in [0.2, 0.25) is 5.95 Å². The lowest BCUT2D eigenvalue weighted by Gasteiger charge is -2.11. The number of furan rings is 1. The van der Waals surface area contributed by atoms with E-state index in [9.17, 15) is 4.79 Å². The lowest BCUT2D eigenvalue weighted by molar-refractivity contribution is 0.402. The van der Waals surface area contributed by atoms with Gasteiger partial charge in [0.1, 0.15) is 5.52 Å². The molecule has 152 valence electrons. The van der Waals surface area contributed by atoms with Crippen molar-refractivity contribution in [2.75, 3.05) is 19.4 Å². The lowest BCUT2D eigenvalue weighted by atomic mass is 10.2. The summed E-state index contributed by atoms with van der Waals surface area (Å²) in [6, 6.07) is 11.6. The molecule has 0 atom stereocenters. The molecule has 0 unspecified atom stereocenters. The second-order valence-corrected chi connectivity index (χ2v) is 7.12. The van der Waals surface area contributed by atoms with Crippen LogP contribution in [0.3, 0.4) is 0 Å². The van der Waals surface area contributed by atoms with Gasteiger partial charge in [0.25, 0.3) is 5.56 Å². The van der Waals surface area contributed by atoms with Crippen LogP contribution in [0.4, 0.5) is 11.6 Å².